The van der Waals surface area contributed by atoms with Crippen molar-refractivity contribution in [3.8, 4) is 5.75 Å². The zero-order valence-corrected chi connectivity index (χ0v) is 13.7. The minimum Gasteiger partial charge on any atom is -0.508 e. The molecule has 4 nitrogen and oxygen atoms in total. The molecule has 0 amide bonds. The van der Waals surface area contributed by atoms with Gasteiger partial charge in [-0.2, -0.15) is 0 Å². The van der Waals surface area contributed by atoms with Crippen molar-refractivity contribution in [3.05, 3.63) is 52.0 Å². The number of halogens is 2. The maximum Gasteiger partial charge on any atom is 0.307 e. The molecule has 0 saturated carbocycles. The highest BCUT2D eigenvalue weighted by Crippen LogP contribution is 2.36. The van der Waals surface area contributed by atoms with Gasteiger partial charge in [0.1, 0.15) is 5.75 Å². The zero-order valence-electron chi connectivity index (χ0n) is 12.2. The van der Waals surface area contributed by atoms with E-state index in [4.69, 9.17) is 28.3 Å². The number of anilines is 2. The molecule has 6 heteroatoms. The molecule has 0 radical (unpaired) electrons. The minimum absolute atomic E-state index is 0.0376. The van der Waals surface area contributed by atoms with E-state index in [0.29, 0.717) is 16.9 Å². The van der Waals surface area contributed by atoms with Crippen LogP contribution in [0.15, 0.2) is 36.4 Å². The molecule has 22 heavy (non-hydrogen) atoms. The van der Waals surface area contributed by atoms with Crippen molar-refractivity contribution >= 4 is 40.5 Å². The summed E-state index contributed by atoms with van der Waals surface area (Å²) in [6.45, 7) is 4.00. The van der Waals surface area contributed by atoms with Gasteiger partial charge in [-0.05, 0) is 11.6 Å². The highest BCUT2D eigenvalue weighted by molar-refractivity contribution is 6.39. The number of carboxylic acid groups (broad SMARTS) is 1. The summed E-state index contributed by atoms with van der Waals surface area (Å²) in [4.78, 5) is 10.8. The summed E-state index contributed by atoms with van der Waals surface area (Å²) in [6, 6.07) is 9.68. The number of aromatic hydroxyl groups is 1. The lowest BCUT2D eigenvalue weighted by molar-refractivity contribution is -0.136. The van der Waals surface area contributed by atoms with Crippen molar-refractivity contribution in [3.63, 3.8) is 0 Å². The van der Waals surface area contributed by atoms with Crippen molar-refractivity contribution in [1.29, 1.82) is 0 Å². The van der Waals surface area contributed by atoms with Crippen molar-refractivity contribution in [2.45, 2.75) is 20.3 Å². The lowest BCUT2D eigenvalue weighted by Crippen LogP contribution is -2.04. The minimum atomic E-state index is -0.929. The van der Waals surface area contributed by atoms with Crippen LogP contribution in [-0.2, 0) is 11.2 Å². The predicted octanol–water partition coefficient (Wildman–Crippen LogP) is 5.10. The number of hydrogen-bond acceptors (Lipinski definition) is 3. The highest BCUT2D eigenvalue weighted by atomic mass is 35.5. The van der Waals surface area contributed by atoms with Crippen molar-refractivity contribution in [2.24, 2.45) is 0 Å². The first-order valence-electron chi connectivity index (χ1n) is 6.72. The van der Waals surface area contributed by atoms with E-state index in [1.807, 2.05) is 13.8 Å². The van der Waals surface area contributed by atoms with Gasteiger partial charge in [0.15, 0.2) is 0 Å². The van der Waals surface area contributed by atoms with E-state index < -0.39 is 5.97 Å². The third-order valence-electron chi connectivity index (χ3n) is 2.65. The number of para-hydroxylation sites is 1. The average molecular weight is 342 g/mol. The molecule has 0 aliphatic rings. The topological polar surface area (TPSA) is 69.6 Å². The smallest absolute Gasteiger partial charge is 0.307 e. The number of aliphatic carboxylic acids is 1. The summed E-state index contributed by atoms with van der Waals surface area (Å²) in [6.07, 6.45) is -0.115. The van der Waals surface area contributed by atoms with Gasteiger partial charge in [-0.25, -0.2) is 0 Å². The number of phenols is 1. The first kappa shape index (κ1) is 18.1. The fourth-order valence-corrected chi connectivity index (χ4v) is 2.34. The molecule has 0 aromatic heterocycles. The molecule has 2 rings (SSSR count). The van der Waals surface area contributed by atoms with Crippen LogP contribution in [0.3, 0.4) is 0 Å². The third kappa shape index (κ3) is 4.83. The van der Waals surface area contributed by atoms with Crippen molar-refractivity contribution in [2.75, 3.05) is 5.32 Å². The fraction of sp³-hybridized carbons (Fsp3) is 0.188. The Morgan fingerprint density at radius 2 is 1.68 bits per heavy atom. The Morgan fingerprint density at radius 3 is 2.23 bits per heavy atom. The molecule has 0 saturated heterocycles. The van der Waals surface area contributed by atoms with E-state index in [-0.39, 0.29) is 22.2 Å². The fourth-order valence-electron chi connectivity index (χ4n) is 1.77. The molecule has 0 unspecified atom stereocenters. The number of phenolic OH excluding ortho intramolecular Hbond substituents is 1. The second-order valence-electron chi connectivity index (χ2n) is 4.14. The summed E-state index contributed by atoms with van der Waals surface area (Å²) in [5, 5.41) is 21.8. The molecule has 0 bridgehead atoms. The molecule has 2 aromatic carbocycles. The standard InChI is InChI=1S/C14H11Cl2NO3.C2H6/c15-10-6-9(18)7-11(16)14(10)17-12-4-2-1-3-8(12)5-13(19)20;1-2/h1-4,6-7,17-18H,5H2,(H,19,20);1-2H3. The average Bonchev–Trinajstić information content (AvgIpc) is 2.46. The van der Waals surface area contributed by atoms with Crippen LogP contribution in [0.2, 0.25) is 10.0 Å². The van der Waals surface area contributed by atoms with Gasteiger partial charge in [-0.15, -0.1) is 0 Å². The Balaban J connectivity index is 0.00000116. The zero-order chi connectivity index (χ0) is 16.7. The van der Waals surface area contributed by atoms with Crippen LogP contribution in [0.4, 0.5) is 11.4 Å². The van der Waals surface area contributed by atoms with Gasteiger partial charge >= 0.3 is 5.97 Å². The number of hydrogen-bond donors (Lipinski definition) is 3. The number of nitrogens with one attached hydrogen (secondary N) is 1. The summed E-state index contributed by atoms with van der Waals surface area (Å²) >= 11 is 12.0. The molecule has 0 heterocycles. The molecular weight excluding hydrogens is 325 g/mol. The summed E-state index contributed by atoms with van der Waals surface area (Å²) in [7, 11) is 0. The normalized spacial score (nSPS) is 9.64. The van der Waals surface area contributed by atoms with Crippen LogP contribution in [0, 0.1) is 0 Å². The summed E-state index contributed by atoms with van der Waals surface area (Å²) < 4.78 is 0. The van der Waals surface area contributed by atoms with Crippen LogP contribution in [-0.4, -0.2) is 16.2 Å². The van der Waals surface area contributed by atoms with E-state index in [9.17, 15) is 9.90 Å². The van der Waals surface area contributed by atoms with Crippen LogP contribution >= 0.6 is 23.2 Å². The van der Waals surface area contributed by atoms with Gasteiger partial charge < -0.3 is 15.5 Å². The Bertz CT molecular complexity index is 637. The molecular formula is C16H17Cl2NO3. The van der Waals surface area contributed by atoms with Crippen molar-refractivity contribution < 1.29 is 15.0 Å². The van der Waals surface area contributed by atoms with Gasteiger partial charge in [-0.3, -0.25) is 4.79 Å². The Labute approximate surface area is 139 Å². The van der Waals surface area contributed by atoms with Crippen molar-refractivity contribution in [1.82, 2.24) is 0 Å². The lowest BCUT2D eigenvalue weighted by Gasteiger charge is -2.14. The summed E-state index contributed by atoms with van der Waals surface area (Å²) in [5.74, 6) is -0.966. The predicted molar refractivity (Wildman–Crippen MR) is 90.5 cm³/mol. The molecule has 0 aliphatic carbocycles. The lowest BCUT2D eigenvalue weighted by atomic mass is 10.1. The monoisotopic (exact) mass is 341 g/mol. The summed E-state index contributed by atoms with van der Waals surface area (Å²) in [5.41, 5.74) is 1.63. The second kappa shape index (κ2) is 8.51. The van der Waals surface area contributed by atoms with Crippen LogP contribution in [0.1, 0.15) is 19.4 Å². The van der Waals surface area contributed by atoms with E-state index in [1.165, 1.54) is 12.1 Å². The van der Waals surface area contributed by atoms with E-state index in [1.54, 1.807) is 24.3 Å². The molecule has 0 fully saturated rings. The first-order chi connectivity index (χ1) is 10.5. The Morgan fingerprint density at radius 1 is 1.14 bits per heavy atom. The van der Waals surface area contributed by atoms with E-state index in [0.717, 1.165) is 0 Å². The number of carbonyl (C=O) groups is 1. The number of benzene rings is 2. The van der Waals surface area contributed by atoms with Gasteiger partial charge in [-0.1, -0.05) is 55.2 Å². The highest BCUT2D eigenvalue weighted by Gasteiger charge is 2.11. The Kier molecular flexibility index (Phi) is 7.02. The maximum atomic E-state index is 10.8. The molecule has 3 N–H and O–H groups in total. The van der Waals surface area contributed by atoms with Gasteiger partial charge in [0.25, 0.3) is 0 Å². The van der Waals surface area contributed by atoms with Crippen LogP contribution in [0.25, 0.3) is 0 Å². The Hall–Kier alpha value is -1.91. The molecule has 0 spiro atoms. The largest absolute Gasteiger partial charge is 0.508 e. The quantitative estimate of drug-likeness (QED) is 0.677. The second-order valence-corrected chi connectivity index (χ2v) is 4.95. The van der Waals surface area contributed by atoms with E-state index >= 15 is 0 Å². The molecule has 0 atom stereocenters. The first-order valence-corrected chi connectivity index (χ1v) is 7.47. The molecule has 118 valence electrons. The maximum absolute atomic E-state index is 10.8. The van der Waals surface area contributed by atoms with Crippen LogP contribution in [0.5, 0.6) is 5.75 Å². The van der Waals surface area contributed by atoms with Crippen LogP contribution < -0.4 is 5.32 Å². The van der Waals surface area contributed by atoms with Gasteiger partial charge in [0, 0.05) is 17.8 Å². The molecule has 0 aliphatic heterocycles. The van der Waals surface area contributed by atoms with Gasteiger partial charge in [0.2, 0.25) is 0 Å². The SMILES string of the molecule is CC.O=C(O)Cc1ccccc1Nc1c(Cl)cc(O)cc1Cl. The van der Waals surface area contributed by atoms with E-state index in [2.05, 4.69) is 5.32 Å². The van der Waals surface area contributed by atoms with Gasteiger partial charge in [0.05, 0.1) is 22.2 Å². The number of carboxylic acids is 1. The molecule has 2 aromatic rings. The third-order valence-corrected chi connectivity index (χ3v) is 3.24. The number of rotatable bonds is 4.